The maximum Gasteiger partial charge on any atom is 0.0917 e. The van der Waals surface area contributed by atoms with Crippen molar-refractivity contribution < 1.29 is 5.11 Å². The smallest absolute Gasteiger partial charge is 0.0917 e. The fourth-order valence-corrected chi connectivity index (χ4v) is 3.07. The molecule has 3 atom stereocenters. The van der Waals surface area contributed by atoms with E-state index in [2.05, 4.69) is 50.8 Å². The molecule has 2 rings (SSSR count). The predicted molar refractivity (Wildman–Crippen MR) is 80.3 cm³/mol. The first-order chi connectivity index (χ1) is 8.95. The number of aliphatic hydroxyl groups excluding tert-OH is 1. The Balaban J connectivity index is 1.99. The third-order valence-corrected chi connectivity index (χ3v) is 4.48. The normalized spacial score (nSPS) is 26.4. The van der Waals surface area contributed by atoms with Crippen molar-refractivity contribution in [3.63, 3.8) is 0 Å². The number of piperidine rings is 1. The van der Waals surface area contributed by atoms with Gasteiger partial charge in [-0.25, -0.2) is 0 Å². The number of likely N-dealkylation sites (tertiary alicyclic amines) is 1. The molecule has 0 spiro atoms. The van der Waals surface area contributed by atoms with Crippen LogP contribution >= 0.6 is 0 Å². The molecule has 0 aliphatic carbocycles. The highest BCUT2D eigenvalue weighted by Gasteiger charge is 2.24. The first-order valence-corrected chi connectivity index (χ1v) is 7.44. The third-order valence-electron chi connectivity index (χ3n) is 4.48. The van der Waals surface area contributed by atoms with Gasteiger partial charge in [0, 0.05) is 13.1 Å². The van der Waals surface area contributed by atoms with Crippen LogP contribution in [0.2, 0.25) is 0 Å². The van der Waals surface area contributed by atoms with Crippen LogP contribution in [-0.4, -0.2) is 29.6 Å². The van der Waals surface area contributed by atoms with Gasteiger partial charge in [-0.05, 0) is 44.2 Å². The van der Waals surface area contributed by atoms with Crippen molar-refractivity contribution in [2.45, 2.75) is 40.2 Å². The molecular weight excluding hydrogens is 234 g/mol. The lowest BCUT2D eigenvalue weighted by molar-refractivity contribution is 0.0704. The van der Waals surface area contributed by atoms with Gasteiger partial charge in [-0.2, -0.15) is 0 Å². The van der Waals surface area contributed by atoms with Crippen LogP contribution < -0.4 is 0 Å². The third kappa shape index (κ3) is 3.80. The van der Waals surface area contributed by atoms with Gasteiger partial charge in [-0.15, -0.1) is 0 Å². The maximum absolute atomic E-state index is 10.4. The molecule has 1 aromatic carbocycles. The number of benzene rings is 1. The highest BCUT2D eigenvalue weighted by molar-refractivity contribution is 5.30. The minimum absolute atomic E-state index is 0.362. The molecule has 2 heteroatoms. The summed E-state index contributed by atoms with van der Waals surface area (Å²) in [5.74, 6) is 1.55. The van der Waals surface area contributed by atoms with Crippen molar-refractivity contribution in [2.75, 3.05) is 19.6 Å². The number of nitrogens with zero attached hydrogens (tertiary/aromatic N) is 1. The standard InChI is InChI=1S/C17H27NO/c1-12-7-13(2)9-16(8-12)17(19)11-18-6-5-14(3)15(4)10-18/h7-9,14-15,17,19H,5-6,10-11H2,1-4H3. The van der Waals surface area contributed by atoms with E-state index in [1.807, 2.05) is 0 Å². The van der Waals surface area contributed by atoms with E-state index in [0.29, 0.717) is 0 Å². The second kappa shape index (κ2) is 6.06. The number of hydrogen-bond acceptors (Lipinski definition) is 2. The Morgan fingerprint density at radius 1 is 1.16 bits per heavy atom. The monoisotopic (exact) mass is 261 g/mol. The summed E-state index contributed by atoms with van der Waals surface area (Å²) in [5, 5.41) is 10.4. The number of hydrogen-bond donors (Lipinski definition) is 1. The van der Waals surface area contributed by atoms with E-state index in [9.17, 15) is 5.11 Å². The number of rotatable bonds is 3. The Hall–Kier alpha value is -0.860. The predicted octanol–water partition coefficient (Wildman–Crippen LogP) is 3.31. The van der Waals surface area contributed by atoms with Crippen molar-refractivity contribution in [3.8, 4) is 0 Å². The second-order valence-electron chi connectivity index (χ2n) is 6.44. The molecule has 106 valence electrons. The summed E-state index contributed by atoms with van der Waals surface area (Å²) in [7, 11) is 0. The zero-order chi connectivity index (χ0) is 14.0. The van der Waals surface area contributed by atoms with Crippen molar-refractivity contribution in [1.29, 1.82) is 0 Å². The summed E-state index contributed by atoms with van der Waals surface area (Å²) in [5.41, 5.74) is 3.52. The summed E-state index contributed by atoms with van der Waals surface area (Å²) in [4.78, 5) is 2.41. The van der Waals surface area contributed by atoms with Crippen LogP contribution in [0.1, 0.15) is 43.1 Å². The quantitative estimate of drug-likeness (QED) is 0.902. The van der Waals surface area contributed by atoms with Gasteiger partial charge in [0.05, 0.1) is 6.10 Å². The molecule has 1 aliphatic heterocycles. The Morgan fingerprint density at radius 3 is 2.37 bits per heavy atom. The van der Waals surface area contributed by atoms with Crippen LogP contribution in [0.3, 0.4) is 0 Å². The van der Waals surface area contributed by atoms with Gasteiger partial charge in [0.2, 0.25) is 0 Å². The molecule has 0 saturated carbocycles. The lowest BCUT2D eigenvalue weighted by atomic mass is 9.88. The summed E-state index contributed by atoms with van der Waals surface area (Å²) in [6.45, 7) is 11.8. The second-order valence-corrected chi connectivity index (χ2v) is 6.44. The lowest BCUT2D eigenvalue weighted by Gasteiger charge is -2.36. The Labute approximate surface area is 117 Å². The van der Waals surface area contributed by atoms with Crippen LogP contribution in [0.4, 0.5) is 0 Å². The van der Waals surface area contributed by atoms with E-state index in [1.54, 1.807) is 0 Å². The van der Waals surface area contributed by atoms with E-state index < -0.39 is 0 Å². The molecule has 19 heavy (non-hydrogen) atoms. The Morgan fingerprint density at radius 2 is 1.79 bits per heavy atom. The molecular formula is C17H27NO. The highest BCUT2D eigenvalue weighted by Crippen LogP contribution is 2.25. The first-order valence-electron chi connectivity index (χ1n) is 7.44. The van der Waals surface area contributed by atoms with Crippen LogP contribution in [0.25, 0.3) is 0 Å². The SMILES string of the molecule is Cc1cc(C)cc(C(O)CN2CCC(C)C(C)C2)c1. The molecule has 1 N–H and O–H groups in total. The fourth-order valence-electron chi connectivity index (χ4n) is 3.07. The van der Waals surface area contributed by atoms with Crippen molar-refractivity contribution >= 4 is 0 Å². The zero-order valence-electron chi connectivity index (χ0n) is 12.7. The number of aryl methyl sites for hydroxylation is 2. The fraction of sp³-hybridized carbons (Fsp3) is 0.647. The van der Waals surface area contributed by atoms with Crippen molar-refractivity contribution in [3.05, 3.63) is 34.9 Å². The van der Waals surface area contributed by atoms with E-state index >= 15 is 0 Å². The maximum atomic E-state index is 10.4. The molecule has 1 aliphatic rings. The summed E-state index contributed by atoms with van der Waals surface area (Å²) >= 11 is 0. The molecule has 3 unspecified atom stereocenters. The molecule has 2 nitrogen and oxygen atoms in total. The topological polar surface area (TPSA) is 23.5 Å². The largest absolute Gasteiger partial charge is 0.387 e. The molecule has 0 radical (unpaired) electrons. The molecule has 0 aromatic heterocycles. The first kappa shape index (κ1) is 14.5. The highest BCUT2D eigenvalue weighted by atomic mass is 16.3. The van der Waals surface area contributed by atoms with Gasteiger partial charge >= 0.3 is 0 Å². The molecule has 1 aromatic rings. The summed E-state index contributed by atoms with van der Waals surface area (Å²) < 4.78 is 0. The Kier molecular flexibility index (Phi) is 4.64. The molecule has 1 fully saturated rings. The van der Waals surface area contributed by atoms with Crippen LogP contribution in [0, 0.1) is 25.7 Å². The van der Waals surface area contributed by atoms with Crippen LogP contribution in [-0.2, 0) is 0 Å². The summed E-state index contributed by atoms with van der Waals surface area (Å²) in [6.07, 6.45) is 0.889. The number of β-amino-alcohol motifs (C(OH)–C–C–N with tert-alkyl or cyclic N) is 1. The minimum Gasteiger partial charge on any atom is -0.387 e. The van der Waals surface area contributed by atoms with Gasteiger partial charge in [-0.3, -0.25) is 0 Å². The van der Waals surface area contributed by atoms with Gasteiger partial charge in [0.15, 0.2) is 0 Å². The van der Waals surface area contributed by atoms with Crippen LogP contribution in [0.15, 0.2) is 18.2 Å². The van der Waals surface area contributed by atoms with E-state index in [-0.39, 0.29) is 6.10 Å². The van der Waals surface area contributed by atoms with Gasteiger partial charge < -0.3 is 10.0 Å². The van der Waals surface area contributed by atoms with Crippen molar-refractivity contribution in [1.82, 2.24) is 4.90 Å². The summed E-state index contributed by atoms with van der Waals surface area (Å²) in [6, 6.07) is 6.36. The Bertz CT molecular complexity index is 409. The zero-order valence-corrected chi connectivity index (χ0v) is 12.7. The van der Waals surface area contributed by atoms with E-state index in [1.165, 1.54) is 17.5 Å². The average Bonchev–Trinajstić information content (AvgIpc) is 2.32. The van der Waals surface area contributed by atoms with Crippen molar-refractivity contribution in [2.24, 2.45) is 11.8 Å². The molecule has 1 saturated heterocycles. The van der Waals surface area contributed by atoms with Crippen LogP contribution in [0.5, 0.6) is 0 Å². The lowest BCUT2D eigenvalue weighted by Crippen LogP contribution is -2.40. The van der Waals surface area contributed by atoms with E-state index in [4.69, 9.17) is 0 Å². The molecule has 0 bridgehead atoms. The minimum atomic E-state index is -0.362. The average molecular weight is 261 g/mol. The molecule has 0 amide bonds. The van der Waals surface area contributed by atoms with E-state index in [0.717, 1.165) is 37.0 Å². The number of aliphatic hydroxyl groups is 1. The van der Waals surface area contributed by atoms with Gasteiger partial charge in [-0.1, -0.05) is 43.2 Å². The van der Waals surface area contributed by atoms with Gasteiger partial charge in [0.25, 0.3) is 0 Å². The molecule has 1 heterocycles. The van der Waals surface area contributed by atoms with Gasteiger partial charge in [0.1, 0.15) is 0 Å².